The quantitative estimate of drug-likeness (QED) is 0.546. The lowest BCUT2D eigenvalue weighted by atomic mass is 9.77. The maximum absolute atomic E-state index is 14.9. The van der Waals surface area contributed by atoms with Crippen molar-refractivity contribution in [3.63, 3.8) is 0 Å². The maximum Gasteiger partial charge on any atom is 0.257 e. The molecule has 6 rings (SSSR count). The fourth-order valence-corrected chi connectivity index (χ4v) is 4.82. The van der Waals surface area contributed by atoms with Gasteiger partial charge in [-0.2, -0.15) is 0 Å². The van der Waals surface area contributed by atoms with E-state index in [1.807, 2.05) is 6.07 Å². The fraction of sp³-hybridized carbons (Fsp3) is 0.304. The molecule has 4 heterocycles. The van der Waals surface area contributed by atoms with Crippen LogP contribution in [-0.2, 0) is 0 Å². The molecule has 2 aromatic heterocycles. The Kier molecular flexibility index (Phi) is 5.40. The first kappa shape index (κ1) is 20.1. The minimum atomic E-state index is -0.566. The molecule has 3 atom stereocenters. The second-order valence-electron chi connectivity index (χ2n) is 7.91. The van der Waals surface area contributed by atoms with Crippen LogP contribution in [0.25, 0.3) is 11.4 Å². The summed E-state index contributed by atoms with van der Waals surface area (Å²) in [6.07, 6.45) is 7.40. The zero-order chi connectivity index (χ0) is 21.4. The standard InChI is InChI=1S/C23H20BrFN4O2/c24-15-6-8-20(28-12-15)31-19-11-14-5-7-18(19)29(13-14)23(30)21-16(3-1-4-17(21)25)22-26-9-2-10-27-22/h1-4,6,8-10,12,14,18-19H,5,7,11,13H2. The van der Waals surface area contributed by atoms with Crippen LogP contribution in [0.1, 0.15) is 29.6 Å². The van der Waals surface area contributed by atoms with Gasteiger partial charge in [0.05, 0.1) is 11.6 Å². The van der Waals surface area contributed by atoms with Crippen LogP contribution in [0, 0.1) is 11.7 Å². The molecule has 1 aliphatic carbocycles. The van der Waals surface area contributed by atoms with E-state index in [0.29, 0.717) is 29.7 Å². The lowest BCUT2D eigenvalue weighted by Gasteiger charge is -2.49. The third kappa shape index (κ3) is 3.92. The Morgan fingerprint density at radius 2 is 1.94 bits per heavy atom. The molecule has 3 aliphatic rings. The van der Waals surface area contributed by atoms with Gasteiger partial charge >= 0.3 is 0 Å². The molecule has 1 saturated carbocycles. The molecule has 6 nitrogen and oxygen atoms in total. The van der Waals surface area contributed by atoms with Gasteiger partial charge in [-0.25, -0.2) is 19.3 Å². The van der Waals surface area contributed by atoms with Crippen LogP contribution in [0.3, 0.4) is 0 Å². The second kappa shape index (κ2) is 8.34. The summed E-state index contributed by atoms with van der Waals surface area (Å²) < 4.78 is 22.0. The second-order valence-corrected chi connectivity index (χ2v) is 8.83. The van der Waals surface area contributed by atoms with Gasteiger partial charge in [0.15, 0.2) is 5.82 Å². The summed E-state index contributed by atoms with van der Waals surface area (Å²) >= 11 is 3.37. The highest BCUT2D eigenvalue weighted by Gasteiger charge is 2.45. The van der Waals surface area contributed by atoms with E-state index < -0.39 is 5.82 Å². The Bertz CT molecular complexity index is 1100. The van der Waals surface area contributed by atoms with Crippen LogP contribution < -0.4 is 4.74 Å². The first-order valence-corrected chi connectivity index (χ1v) is 11.0. The average Bonchev–Trinajstić information content (AvgIpc) is 2.81. The molecule has 0 spiro atoms. The van der Waals surface area contributed by atoms with Crippen molar-refractivity contribution in [2.24, 2.45) is 5.92 Å². The van der Waals surface area contributed by atoms with Gasteiger partial charge in [0.25, 0.3) is 5.91 Å². The first-order chi connectivity index (χ1) is 15.1. The summed E-state index contributed by atoms with van der Waals surface area (Å²) in [5, 5.41) is 0. The molecule has 158 valence electrons. The van der Waals surface area contributed by atoms with Crippen LogP contribution in [-0.4, -0.2) is 44.4 Å². The number of fused-ring (bicyclic) bond motifs is 3. The molecule has 3 aromatic rings. The van der Waals surface area contributed by atoms with Gasteiger partial charge in [0, 0.05) is 41.2 Å². The van der Waals surface area contributed by atoms with E-state index in [9.17, 15) is 9.18 Å². The van der Waals surface area contributed by atoms with Crippen molar-refractivity contribution >= 4 is 21.8 Å². The Balaban J connectivity index is 1.45. The minimum Gasteiger partial charge on any atom is -0.472 e. The Labute approximate surface area is 187 Å². The van der Waals surface area contributed by atoms with Crippen molar-refractivity contribution in [2.75, 3.05) is 6.54 Å². The van der Waals surface area contributed by atoms with Gasteiger partial charge in [0.2, 0.25) is 5.88 Å². The minimum absolute atomic E-state index is 0.0155. The highest BCUT2D eigenvalue weighted by atomic mass is 79.9. The molecule has 8 heteroatoms. The molecule has 31 heavy (non-hydrogen) atoms. The van der Waals surface area contributed by atoms with Crippen LogP contribution >= 0.6 is 15.9 Å². The molecular formula is C23H20BrFN4O2. The number of carbonyl (C=O) groups excluding carboxylic acids is 1. The summed E-state index contributed by atoms with van der Waals surface area (Å²) in [4.78, 5) is 28.1. The number of aromatic nitrogens is 3. The van der Waals surface area contributed by atoms with E-state index in [1.54, 1.807) is 47.8 Å². The summed E-state index contributed by atoms with van der Waals surface area (Å²) in [7, 11) is 0. The number of carbonyl (C=O) groups is 1. The normalized spacial score (nSPS) is 22.4. The van der Waals surface area contributed by atoms with Crippen LogP contribution in [0.2, 0.25) is 0 Å². The van der Waals surface area contributed by atoms with Crippen molar-refractivity contribution in [2.45, 2.75) is 31.4 Å². The number of amides is 1. The fourth-order valence-electron chi connectivity index (χ4n) is 4.59. The molecule has 1 amide bonds. The molecule has 3 unspecified atom stereocenters. The lowest BCUT2D eigenvalue weighted by Crippen LogP contribution is -2.59. The third-order valence-electron chi connectivity index (χ3n) is 5.99. The zero-order valence-corrected chi connectivity index (χ0v) is 18.2. The third-order valence-corrected chi connectivity index (χ3v) is 6.46. The Morgan fingerprint density at radius 1 is 1.10 bits per heavy atom. The first-order valence-electron chi connectivity index (χ1n) is 10.2. The van der Waals surface area contributed by atoms with Crippen molar-refractivity contribution in [1.82, 2.24) is 19.9 Å². The van der Waals surface area contributed by atoms with E-state index in [2.05, 4.69) is 30.9 Å². The van der Waals surface area contributed by atoms with Crippen molar-refractivity contribution in [1.29, 1.82) is 0 Å². The molecule has 2 aliphatic heterocycles. The van der Waals surface area contributed by atoms with E-state index in [-0.39, 0.29) is 23.6 Å². The number of ether oxygens (including phenoxy) is 1. The predicted molar refractivity (Wildman–Crippen MR) is 116 cm³/mol. The number of nitrogens with zero attached hydrogens (tertiary/aromatic N) is 4. The van der Waals surface area contributed by atoms with Gasteiger partial charge < -0.3 is 9.64 Å². The smallest absolute Gasteiger partial charge is 0.257 e. The van der Waals surface area contributed by atoms with Crippen LogP contribution in [0.5, 0.6) is 5.88 Å². The number of halogens is 2. The molecule has 0 radical (unpaired) electrons. The SMILES string of the molecule is O=C(c1c(F)cccc1-c1ncccn1)N1CC2CCC1C(Oc1ccc(Br)cn1)C2. The molecule has 3 fully saturated rings. The predicted octanol–water partition coefficient (Wildman–Crippen LogP) is 4.51. The van der Waals surface area contributed by atoms with Crippen LogP contribution in [0.15, 0.2) is 59.5 Å². The Morgan fingerprint density at radius 3 is 2.68 bits per heavy atom. The molecule has 2 saturated heterocycles. The van der Waals surface area contributed by atoms with Crippen molar-refractivity contribution in [3.05, 3.63) is 70.8 Å². The maximum atomic E-state index is 14.9. The summed E-state index contributed by atoms with van der Waals surface area (Å²) in [5.74, 6) is 0.269. The summed E-state index contributed by atoms with van der Waals surface area (Å²) in [5.41, 5.74) is 0.417. The van der Waals surface area contributed by atoms with E-state index in [0.717, 1.165) is 23.7 Å². The van der Waals surface area contributed by atoms with Crippen LogP contribution in [0.4, 0.5) is 4.39 Å². The molecule has 2 bridgehead atoms. The Hall–Kier alpha value is -2.87. The highest BCUT2D eigenvalue weighted by Crippen LogP contribution is 2.39. The molecule has 1 aromatic carbocycles. The van der Waals surface area contributed by atoms with E-state index in [1.165, 1.54) is 6.07 Å². The topological polar surface area (TPSA) is 68.2 Å². The highest BCUT2D eigenvalue weighted by molar-refractivity contribution is 9.10. The van der Waals surface area contributed by atoms with Crippen molar-refractivity contribution < 1.29 is 13.9 Å². The van der Waals surface area contributed by atoms with E-state index >= 15 is 0 Å². The summed E-state index contributed by atoms with van der Waals surface area (Å²) in [6, 6.07) is 9.80. The van der Waals surface area contributed by atoms with Gasteiger partial charge in [-0.15, -0.1) is 0 Å². The van der Waals surface area contributed by atoms with Gasteiger partial charge in [0.1, 0.15) is 11.9 Å². The summed E-state index contributed by atoms with van der Waals surface area (Å²) in [6.45, 7) is 0.598. The van der Waals surface area contributed by atoms with E-state index in [4.69, 9.17) is 4.74 Å². The number of pyridine rings is 1. The number of piperidine rings is 2. The number of rotatable bonds is 4. The van der Waals surface area contributed by atoms with Gasteiger partial charge in [-0.3, -0.25) is 4.79 Å². The monoisotopic (exact) mass is 482 g/mol. The number of hydrogen-bond acceptors (Lipinski definition) is 5. The zero-order valence-electron chi connectivity index (χ0n) is 16.6. The average molecular weight is 483 g/mol. The largest absolute Gasteiger partial charge is 0.472 e. The molecule has 0 N–H and O–H groups in total. The van der Waals surface area contributed by atoms with Gasteiger partial charge in [-0.05, 0) is 59.3 Å². The number of hydrogen-bond donors (Lipinski definition) is 0. The lowest BCUT2D eigenvalue weighted by molar-refractivity contribution is -0.0315. The van der Waals surface area contributed by atoms with Gasteiger partial charge in [-0.1, -0.05) is 12.1 Å². The molecular weight excluding hydrogens is 463 g/mol. The van der Waals surface area contributed by atoms with Crippen molar-refractivity contribution in [3.8, 4) is 17.3 Å². The number of benzene rings is 1.